The molecule has 0 saturated heterocycles. The van der Waals surface area contributed by atoms with E-state index in [1.54, 1.807) is 11.3 Å². The van der Waals surface area contributed by atoms with Gasteiger partial charge in [-0.05, 0) is 37.2 Å². The maximum atomic E-state index is 4.70. The summed E-state index contributed by atoms with van der Waals surface area (Å²) in [7, 11) is 0. The summed E-state index contributed by atoms with van der Waals surface area (Å²) in [5, 5.41) is 6.67. The van der Waals surface area contributed by atoms with Gasteiger partial charge in [-0.2, -0.15) is 0 Å². The van der Waals surface area contributed by atoms with Crippen molar-refractivity contribution in [3.8, 4) is 0 Å². The van der Waals surface area contributed by atoms with Crippen LogP contribution in [-0.4, -0.2) is 11.5 Å². The van der Waals surface area contributed by atoms with Crippen molar-refractivity contribution < 1.29 is 0 Å². The predicted octanol–water partition coefficient (Wildman–Crippen LogP) is 5.20. The topological polar surface area (TPSA) is 24.9 Å². The zero-order chi connectivity index (χ0) is 14.5. The summed E-state index contributed by atoms with van der Waals surface area (Å²) in [4.78, 5) is 4.70. The van der Waals surface area contributed by atoms with Gasteiger partial charge in [0, 0.05) is 11.9 Å². The van der Waals surface area contributed by atoms with E-state index in [0.717, 1.165) is 36.6 Å². The Kier molecular flexibility index (Phi) is 4.71. The fraction of sp³-hybridized carbons (Fsp3) is 0.389. The lowest BCUT2D eigenvalue weighted by molar-refractivity contribution is 0.684. The van der Waals surface area contributed by atoms with Crippen LogP contribution in [0.3, 0.4) is 0 Å². The second kappa shape index (κ2) is 6.90. The quantitative estimate of drug-likeness (QED) is 0.808. The van der Waals surface area contributed by atoms with E-state index in [0.29, 0.717) is 5.92 Å². The van der Waals surface area contributed by atoms with E-state index >= 15 is 0 Å². The van der Waals surface area contributed by atoms with Crippen molar-refractivity contribution in [3.05, 3.63) is 53.1 Å². The fourth-order valence-electron chi connectivity index (χ4n) is 2.76. The highest BCUT2D eigenvalue weighted by atomic mass is 32.1. The first-order valence-electron chi connectivity index (χ1n) is 7.73. The third-order valence-electron chi connectivity index (χ3n) is 3.93. The minimum absolute atomic E-state index is 0.683. The smallest absolute Gasteiger partial charge is 0.183 e. The molecule has 0 amide bonds. The molecule has 0 aromatic carbocycles. The van der Waals surface area contributed by atoms with Gasteiger partial charge < -0.3 is 5.32 Å². The Morgan fingerprint density at radius 2 is 2.29 bits per heavy atom. The standard InChI is InChI=1S/C18H22N2S/c1-14-6-5-7-15(12-14)10-11-19-18-20-17(13-21-18)16-8-3-2-4-9-16/h2-3,5-8,13-14H,4,9-12H2,1H3,(H,19,20). The molecule has 110 valence electrons. The number of hydrogen-bond acceptors (Lipinski definition) is 3. The second-order valence-corrected chi connectivity index (χ2v) is 6.62. The first kappa shape index (κ1) is 14.3. The molecule has 0 spiro atoms. The van der Waals surface area contributed by atoms with Gasteiger partial charge in [-0.1, -0.05) is 49.0 Å². The molecule has 3 rings (SSSR count). The molecule has 0 aliphatic heterocycles. The van der Waals surface area contributed by atoms with E-state index in [1.165, 1.54) is 17.6 Å². The van der Waals surface area contributed by atoms with Crippen LogP contribution in [0.1, 0.15) is 38.3 Å². The zero-order valence-corrected chi connectivity index (χ0v) is 13.3. The van der Waals surface area contributed by atoms with Gasteiger partial charge in [0.05, 0.1) is 5.69 Å². The monoisotopic (exact) mass is 298 g/mol. The molecule has 0 bridgehead atoms. The maximum absolute atomic E-state index is 4.70. The van der Waals surface area contributed by atoms with Gasteiger partial charge >= 0.3 is 0 Å². The Balaban J connectivity index is 1.51. The molecule has 1 aromatic rings. The van der Waals surface area contributed by atoms with Crippen molar-refractivity contribution in [1.82, 2.24) is 4.98 Å². The number of allylic oxidation sites excluding steroid dienone is 7. The number of thiazole rings is 1. The Morgan fingerprint density at radius 1 is 1.33 bits per heavy atom. The molecule has 1 unspecified atom stereocenters. The van der Waals surface area contributed by atoms with Gasteiger partial charge in [0.1, 0.15) is 0 Å². The minimum Gasteiger partial charge on any atom is -0.361 e. The molecule has 0 saturated carbocycles. The van der Waals surface area contributed by atoms with Crippen LogP contribution < -0.4 is 5.32 Å². The summed E-state index contributed by atoms with van der Waals surface area (Å²) in [6, 6.07) is 0. The van der Waals surface area contributed by atoms with E-state index < -0.39 is 0 Å². The van der Waals surface area contributed by atoms with Crippen LogP contribution in [0.2, 0.25) is 0 Å². The van der Waals surface area contributed by atoms with E-state index in [4.69, 9.17) is 4.98 Å². The summed E-state index contributed by atoms with van der Waals surface area (Å²) >= 11 is 1.71. The molecule has 1 N–H and O–H groups in total. The molecule has 21 heavy (non-hydrogen) atoms. The average molecular weight is 298 g/mol. The normalized spacial score (nSPS) is 21.1. The number of anilines is 1. The van der Waals surface area contributed by atoms with E-state index in [2.05, 4.69) is 54.1 Å². The SMILES string of the molecule is CC1C=CC=C(CCNc2nc(C3=CC=CCC3)cs2)C1. The molecule has 2 aliphatic carbocycles. The van der Waals surface area contributed by atoms with Gasteiger partial charge in [-0.25, -0.2) is 4.98 Å². The van der Waals surface area contributed by atoms with Crippen LogP contribution in [0.15, 0.2) is 47.4 Å². The summed E-state index contributed by atoms with van der Waals surface area (Å²) in [6.45, 7) is 3.24. The Bertz CT molecular complexity index is 604. The molecular formula is C18H22N2S. The molecule has 1 heterocycles. The summed E-state index contributed by atoms with van der Waals surface area (Å²) in [5.74, 6) is 0.683. The van der Waals surface area contributed by atoms with Crippen LogP contribution >= 0.6 is 11.3 Å². The number of nitrogens with one attached hydrogen (secondary N) is 1. The van der Waals surface area contributed by atoms with Crippen LogP contribution in [0.4, 0.5) is 5.13 Å². The first-order valence-corrected chi connectivity index (χ1v) is 8.61. The Hall–Kier alpha value is -1.61. The molecule has 1 aromatic heterocycles. The molecule has 0 fully saturated rings. The molecular weight excluding hydrogens is 276 g/mol. The highest BCUT2D eigenvalue weighted by Gasteiger charge is 2.09. The van der Waals surface area contributed by atoms with Crippen LogP contribution in [-0.2, 0) is 0 Å². The largest absolute Gasteiger partial charge is 0.361 e. The van der Waals surface area contributed by atoms with Crippen molar-refractivity contribution in [1.29, 1.82) is 0 Å². The van der Waals surface area contributed by atoms with Gasteiger partial charge in [0.25, 0.3) is 0 Å². The van der Waals surface area contributed by atoms with Crippen molar-refractivity contribution in [3.63, 3.8) is 0 Å². The van der Waals surface area contributed by atoms with Gasteiger partial charge in [-0.15, -0.1) is 11.3 Å². The van der Waals surface area contributed by atoms with Gasteiger partial charge in [0.15, 0.2) is 5.13 Å². The average Bonchev–Trinajstić information content (AvgIpc) is 2.97. The summed E-state index contributed by atoms with van der Waals surface area (Å²) in [5.41, 5.74) is 4.03. The molecule has 1 atom stereocenters. The second-order valence-electron chi connectivity index (χ2n) is 5.76. The lowest BCUT2D eigenvalue weighted by atomic mass is 9.94. The third kappa shape index (κ3) is 3.94. The van der Waals surface area contributed by atoms with Crippen molar-refractivity contribution in [2.24, 2.45) is 5.92 Å². The molecule has 0 radical (unpaired) electrons. The number of aromatic nitrogens is 1. The van der Waals surface area contributed by atoms with Gasteiger partial charge in [-0.3, -0.25) is 0 Å². The minimum atomic E-state index is 0.683. The summed E-state index contributed by atoms with van der Waals surface area (Å²) in [6.07, 6.45) is 17.8. The van der Waals surface area contributed by atoms with E-state index in [9.17, 15) is 0 Å². The van der Waals surface area contributed by atoms with Crippen molar-refractivity contribution in [2.45, 2.75) is 32.6 Å². The van der Waals surface area contributed by atoms with Crippen LogP contribution in [0, 0.1) is 5.92 Å². The highest BCUT2D eigenvalue weighted by molar-refractivity contribution is 7.13. The Labute approximate surface area is 131 Å². The van der Waals surface area contributed by atoms with E-state index in [-0.39, 0.29) is 0 Å². The van der Waals surface area contributed by atoms with E-state index in [1.807, 2.05) is 0 Å². The Morgan fingerprint density at radius 3 is 3.10 bits per heavy atom. The van der Waals surface area contributed by atoms with Gasteiger partial charge in [0.2, 0.25) is 0 Å². The fourth-order valence-corrected chi connectivity index (χ4v) is 3.53. The maximum Gasteiger partial charge on any atom is 0.183 e. The molecule has 2 nitrogen and oxygen atoms in total. The van der Waals surface area contributed by atoms with Crippen molar-refractivity contribution in [2.75, 3.05) is 11.9 Å². The number of nitrogens with zero attached hydrogens (tertiary/aromatic N) is 1. The van der Waals surface area contributed by atoms with Crippen molar-refractivity contribution >= 4 is 22.0 Å². The summed E-state index contributed by atoms with van der Waals surface area (Å²) < 4.78 is 0. The number of hydrogen-bond donors (Lipinski definition) is 1. The van der Waals surface area contributed by atoms with Crippen LogP contribution in [0.25, 0.3) is 5.57 Å². The lowest BCUT2D eigenvalue weighted by Crippen LogP contribution is -2.05. The predicted molar refractivity (Wildman–Crippen MR) is 92.6 cm³/mol. The highest BCUT2D eigenvalue weighted by Crippen LogP contribution is 2.27. The molecule has 3 heteroatoms. The lowest BCUT2D eigenvalue weighted by Gasteiger charge is -2.14. The first-order chi connectivity index (χ1) is 10.3. The zero-order valence-electron chi connectivity index (χ0n) is 12.5. The molecule has 2 aliphatic rings. The van der Waals surface area contributed by atoms with Crippen LogP contribution in [0.5, 0.6) is 0 Å². The third-order valence-corrected chi connectivity index (χ3v) is 4.73. The number of rotatable bonds is 5.